The molecule has 1 aliphatic heterocycles. The average Bonchev–Trinajstić information content (AvgIpc) is 2.47. The number of carbonyl (C=O) groups excluding carboxylic acids is 1. The van der Waals surface area contributed by atoms with Crippen LogP contribution in [0.5, 0.6) is 0 Å². The van der Waals surface area contributed by atoms with Crippen molar-refractivity contribution in [3.63, 3.8) is 0 Å². The zero-order valence-corrected chi connectivity index (χ0v) is 12.6. The minimum atomic E-state index is 0.0814. The van der Waals surface area contributed by atoms with E-state index in [1.807, 2.05) is 18.9 Å². The molecule has 0 radical (unpaired) electrons. The fraction of sp³-hybridized carbons (Fsp3) is 0.600. The molecule has 20 heavy (non-hydrogen) atoms. The van der Waals surface area contributed by atoms with Crippen molar-refractivity contribution in [1.82, 2.24) is 14.8 Å². The zero-order chi connectivity index (χ0) is 14.5. The molecule has 1 N–H and O–H groups in total. The highest BCUT2D eigenvalue weighted by molar-refractivity contribution is 5.99. The summed E-state index contributed by atoms with van der Waals surface area (Å²) in [6.45, 7) is 4.91. The Kier molecular flexibility index (Phi) is 4.95. The maximum Gasteiger partial charge on any atom is 0.256 e. The zero-order valence-electron chi connectivity index (χ0n) is 12.6. The van der Waals surface area contributed by atoms with Gasteiger partial charge in [0.25, 0.3) is 5.91 Å². The van der Waals surface area contributed by atoms with E-state index in [4.69, 9.17) is 0 Å². The molecule has 0 unspecified atom stereocenters. The molecule has 1 fully saturated rings. The molecule has 1 aromatic rings. The van der Waals surface area contributed by atoms with Gasteiger partial charge in [0.15, 0.2) is 0 Å². The van der Waals surface area contributed by atoms with E-state index in [-0.39, 0.29) is 5.91 Å². The van der Waals surface area contributed by atoms with E-state index in [0.29, 0.717) is 11.6 Å². The third kappa shape index (κ3) is 3.28. The number of hydrogen-bond acceptors (Lipinski definition) is 4. The fourth-order valence-corrected chi connectivity index (χ4v) is 2.65. The van der Waals surface area contributed by atoms with Gasteiger partial charge in [0.05, 0.1) is 17.4 Å². The highest BCUT2D eigenvalue weighted by Gasteiger charge is 2.25. The van der Waals surface area contributed by atoms with Gasteiger partial charge < -0.3 is 15.1 Å². The molecule has 2 heterocycles. The van der Waals surface area contributed by atoms with Crippen LogP contribution >= 0.6 is 0 Å². The van der Waals surface area contributed by atoms with E-state index in [2.05, 4.69) is 22.2 Å². The van der Waals surface area contributed by atoms with Crippen LogP contribution in [0, 0.1) is 0 Å². The molecule has 0 atom stereocenters. The number of anilines is 1. The van der Waals surface area contributed by atoms with Crippen LogP contribution < -0.4 is 5.32 Å². The largest absolute Gasteiger partial charge is 0.383 e. The van der Waals surface area contributed by atoms with Gasteiger partial charge in [0, 0.05) is 25.8 Å². The van der Waals surface area contributed by atoms with Gasteiger partial charge in [0.1, 0.15) is 0 Å². The van der Waals surface area contributed by atoms with Gasteiger partial charge >= 0.3 is 0 Å². The van der Waals surface area contributed by atoms with Gasteiger partial charge in [-0.25, -0.2) is 0 Å². The first-order chi connectivity index (χ1) is 9.63. The van der Waals surface area contributed by atoms with Gasteiger partial charge in [0.2, 0.25) is 0 Å². The molecule has 0 saturated carbocycles. The molecule has 5 nitrogen and oxygen atoms in total. The van der Waals surface area contributed by atoms with Gasteiger partial charge in [-0.05, 0) is 46.0 Å². The average molecular weight is 276 g/mol. The van der Waals surface area contributed by atoms with Crippen LogP contribution in [0.1, 0.15) is 30.1 Å². The number of hydrogen-bond donors (Lipinski definition) is 1. The molecule has 2 rings (SSSR count). The molecule has 1 saturated heterocycles. The monoisotopic (exact) mass is 276 g/mol. The first-order valence-electron chi connectivity index (χ1n) is 7.27. The van der Waals surface area contributed by atoms with Crippen LogP contribution in [-0.2, 0) is 0 Å². The number of carbonyl (C=O) groups is 1. The maximum absolute atomic E-state index is 12.7. The number of pyridine rings is 1. The quantitative estimate of drug-likeness (QED) is 0.909. The van der Waals surface area contributed by atoms with Crippen LogP contribution in [0.3, 0.4) is 0 Å². The molecule has 0 bridgehead atoms. The summed E-state index contributed by atoms with van der Waals surface area (Å²) in [6, 6.07) is 2.13. The van der Waals surface area contributed by atoms with Crippen molar-refractivity contribution in [3.05, 3.63) is 24.0 Å². The standard InChI is InChI=1S/C15H24N4O/c1-4-17-14-11-16-8-5-13(14)15(20)19(3)12-6-9-18(2)10-7-12/h5,8,11-12,17H,4,6-7,9-10H2,1-3H3. The van der Waals surface area contributed by atoms with E-state index >= 15 is 0 Å². The summed E-state index contributed by atoms with van der Waals surface area (Å²) >= 11 is 0. The maximum atomic E-state index is 12.7. The smallest absolute Gasteiger partial charge is 0.256 e. The number of nitrogens with zero attached hydrogens (tertiary/aromatic N) is 3. The van der Waals surface area contributed by atoms with Gasteiger partial charge in [-0.1, -0.05) is 0 Å². The minimum absolute atomic E-state index is 0.0814. The topological polar surface area (TPSA) is 48.5 Å². The van der Waals surface area contributed by atoms with Crippen LogP contribution in [0.25, 0.3) is 0 Å². The summed E-state index contributed by atoms with van der Waals surface area (Å²) in [5.74, 6) is 0.0814. The van der Waals surface area contributed by atoms with E-state index < -0.39 is 0 Å². The molecule has 0 spiro atoms. The lowest BCUT2D eigenvalue weighted by Gasteiger charge is -2.35. The molecule has 110 valence electrons. The second-order valence-corrected chi connectivity index (χ2v) is 5.40. The Bertz CT molecular complexity index is 455. The summed E-state index contributed by atoms with van der Waals surface area (Å²) in [5, 5.41) is 3.20. The lowest BCUT2D eigenvalue weighted by atomic mass is 10.0. The SMILES string of the molecule is CCNc1cnccc1C(=O)N(C)C1CCN(C)CC1. The Morgan fingerprint density at radius 3 is 2.85 bits per heavy atom. The number of aromatic nitrogens is 1. The van der Waals surface area contributed by atoms with Crippen molar-refractivity contribution in [2.24, 2.45) is 0 Å². The minimum Gasteiger partial charge on any atom is -0.383 e. The number of amides is 1. The van der Waals surface area contributed by atoms with E-state index in [0.717, 1.165) is 38.2 Å². The predicted octanol–water partition coefficient (Wildman–Crippen LogP) is 1.68. The second kappa shape index (κ2) is 6.70. The Hall–Kier alpha value is -1.62. The Labute approximate surface area is 121 Å². The molecule has 5 heteroatoms. The van der Waals surface area contributed by atoms with Gasteiger partial charge in [-0.15, -0.1) is 0 Å². The van der Waals surface area contributed by atoms with E-state index in [9.17, 15) is 4.79 Å². The molecule has 1 aromatic heterocycles. The molecular formula is C15H24N4O. The lowest BCUT2D eigenvalue weighted by Crippen LogP contribution is -2.44. The summed E-state index contributed by atoms with van der Waals surface area (Å²) in [6.07, 6.45) is 5.48. The summed E-state index contributed by atoms with van der Waals surface area (Å²) in [5.41, 5.74) is 1.53. The second-order valence-electron chi connectivity index (χ2n) is 5.40. The van der Waals surface area contributed by atoms with Crippen molar-refractivity contribution in [1.29, 1.82) is 0 Å². The Morgan fingerprint density at radius 1 is 1.50 bits per heavy atom. The van der Waals surface area contributed by atoms with Crippen molar-refractivity contribution in [2.75, 3.05) is 39.0 Å². The molecule has 1 aliphatic rings. The molecular weight excluding hydrogens is 252 g/mol. The molecule has 0 aromatic carbocycles. The highest BCUT2D eigenvalue weighted by atomic mass is 16.2. The van der Waals surface area contributed by atoms with E-state index in [1.165, 1.54) is 0 Å². The van der Waals surface area contributed by atoms with Crippen molar-refractivity contribution in [2.45, 2.75) is 25.8 Å². The highest BCUT2D eigenvalue weighted by Crippen LogP contribution is 2.20. The number of likely N-dealkylation sites (tertiary alicyclic amines) is 1. The van der Waals surface area contributed by atoms with Crippen molar-refractivity contribution < 1.29 is 4.79 Å². The number of nitrogens with one attached hydrogen (secondary N) is 1. The van der Waals surface area contributed by atoms with Gasteiger partial charge in [-0.2, -0.15) is 0 Å². The van der Waals surface area contributed by atoms with Crippen LogP contribution in [-0.4, -0.2) is 60.5 Å². The normalized spacial score (nSPS) is 16.9. The first-order valence-corrected chi connectivity index (χ1v) is 7.27. The summed E-state index contributed by atoms with van der Waals surface area (Å²) in [7, 11) is 4.04. The number of piperidine rings is 1. The lowest BCUT2D eigenvalue weighted by molar-refractivity contribution is 0.0660. The molecule has 0 aliphatic carbocycles. The van der Waals surface area contributed by atoms with E-state index in [1.54, 1.807) is 18.5 Å². The van der Waals surface area contributed by atoms with Crippen molar-refractivity contribution >= 4 is 11.6 Å². The van der Waals surface area contributed by atoms with Crippen molar-refractivity contribution in [3.8, 4) is 0 Å². The summed E-state index contributed by atoms with van der Waals surface area (Å²) in [4.78, 5) is 21.0. The first kappa shape index (κ1) is 14.8. The number of rotatable bonds is 4. The third-order valence-corrected chi connectivity index (χ3v) is 3.97. The Balaban J connectivity index is 2.10. The molecule has 1 amide bonds. The third-order valence-electron chi connectivity index (χ3n) is 3.97. The van der Waals surface area contributed by atoms with Gasteiger partial charge in [-0.3, -0.25) is 9.78 Å². The Morgan fingerprint density at radius 2 is 2.20 bits per heavy atom. The summed E-state index contributed by atoms with van der Waals surface area (Å²) < 4.78 is 0. The fourth-order valence-electron chi connectivity index (χ4n) is 2.65. The predicted molar refractivity (Wildman–Crippen MR) is 81.0 cm³/mol. The van der Waals surface area contributed by atoms with Crippen LogP contribution in [0.2, 0.25) is 0 Å². The van der Waals surface area contributed by atoms with Crippen LogP contribution in [0.4, 0.5) is 5.69 Å². The van der Waals surface area contributed by atoms with Crippen LogP contribution in [0.15, 0.2) is 18.5 Å².